The second kappa shape index (κ2) is 5.27. The largest absolute Gasteiger partial charge is 0.386 e. The minimum atomic E-state index is -1.63. The summed E-state index contributed by atoms with van der Waals surface area (Å²) in [6.45, 7) is 3.97. The second-order valence-corrected chi connectivity index (χ2v) is 5.77. The molecule has 124 valence electrons. The van der Waals surface area contributed by atoms with Gasteiger partial charge < -0.3 is 15.2 Å². The van der Waals surface area contributed by atoms with Crippen molar-refractivity contribution in [3.63, 3.8) is 0 Å². The van der Waals surface area contributed by atoms with Gasteiger partial charge in [-0.25, -0.2) is 9.38 Å². The number of nitrogens with two attached hydrogens (primary N) is 1. The van der Waals surface area contributed by atoms with Crippen LogP contribution in [0.2, 0.25) is 0 Å². The Morgan fingerprint density at radius 2 is 1.75 bits per heavy atom. The van der Waals surface area contributed by atoms with Gasteiger partial charge in [-0.1, -0.05) is 12.1 Å². The van der Waals surface area contributed by atoms with Crippen LogP contribution in [0.3, 0.4) is 0 Å². The zero-order valence-electron chi connectivity index (χ0n) is 13.4. The molecule has 2 N–H and O–H groups in total. The van der Waals surface area contributed by atoms with Gasteiger partial charge in [-0.05, 0) is 31.5 Å². The molecule has 24 heavy (non-hydrogen) atoms. The summed E-state index contributed by atoms with van der Waals surface area (Å²) >= 11 is 0. The van der Waals surface area contributed by atoms with Gasteiger partial charge in [0.05, 0.1) is 12.1 Å². The van der Waals surface area contributed by atoms with E-state index in [1.54, 1.807) is 26.0 Å². The molecule has 6 nitrogen and oxygen atoms in total. The summed E-state index contributed by atoms with van der Waals surface area (Å²) in [5.41, 5.74) is 3.94. The molecule has 0 radical (unpaired) electrons. The SMILES string of the molecule is CCOC1(OCC)N=C(N)C2(C#N)C(c3ccc(F)cc3)C12C#N. The number of benzene rings is 1. The Morgan fingerprint density at radius 1 is 1.17 bits per heavy atom. The van der Waals surface area contributed by atoms with Gasteiger partial charge in [0.25, 0.3) is 5.91 Å². The molecule has 0 spiro atoms. The van der Waals surface area contributed by atoms with Crippen LogP contribution in [0, 0.1) is 39.3 Å². The van der Waals surface area contributed by atoms with Crippen LogP contribution >= 0.6 is 0 Å². The lowest BCUT2D eigenvalue weighted by molar-refractivity contribution is -0.255. The molecule has 1 aromatic rings. The third-order valence-corrected chi connectivity index (χ3v) is 4.81. The minimum Gasteiger partial charge on any atom is -0.386 e. The van der Waals surface area contributed by atoms with Crippen LogP contribution in [-0.4, -0.2) is 25.0 Å². The number of aliphatic imine (C=N–C) groups is 1. The Hall–Kier alpha value is -2.48. The fourth-order valence-corrected chi connectivity index (χ4v) is 3.90. The van der Waals surface area contributed by atoms with Crippen LogP contribution in [0.25, 0.3) is 0 Å². The number of rotatable bonds is 5. The zero-order chi connectivity index (χ0) is 17.6. The quantitative estimate of drug-likeness (QED) is 0.833. The Labute approximate surface area is 139 Å². The van der Waals surface area contributed by atoms with Crippen molar-refractivity contribution in [2.75, 3.05) is 13.2 Å². The summed E-state index contributed by atoms with van der Waals surface area (Å²) in [6, 6.07) is 10.0. The maximum atomic E-state index is 13.3. The monoisotopic (exact) mass is 328 g/mol. The first-order chi connectivity index (χ1) is 11.5. The highest BCUT2D eigenvalue weighted by Gasteiger charge is 2.93. The molecule has 1 fully saturated rings. The molecule has 1 saturated carbocycles. The third-order valence-electron chi connectivity index (χ3n) is 4.81. The molecule has 3 rings (SSSR count). The van der Waals surface area contributed by atoms with Crippen LogP contribution in [0.4, 0.5) is 4.39 Å². The molecule has 0 saturated heterocycles. The first-order valence-corrected chi connectivity index (χ1v) is 7.71. The van der Waals surface area contributed by atoms with E-state index < -0.39 is 28.5 Å². The standard InChI is InChI=1S/C17H17FN4O2/c1-3-23-17(24-4-2)16(10-20)13(11-5-7-12(18)8-6-11)15(16,9-19)14(21)22-17/h5-8,13H,3-4H2,1-2H3,(H2,21,22). The molecular weight excluding hydrogens is 311 g/mol. The lowest BCUT2D eigenvalue weighted by Crippen LogP contribution is -2.43. The molecule has 1 heterocycles. The van der Waals surface area contributed by atoms with Crippen LogP contribution in [0.5, 0.6) is 0 Å². The third kappa shape index (κ3) is 1.61. The van der Waals surface area contributed by atoms with Crippen LogP contribution in [-0.2, 0) is 9.47 Å². The van der Waals surface area contributed by atoms with Crippen LogP contribution in [0.15, 0.2) is 29.3 Å². The number of nitrogens with zero attached hydrogens (tertiary/aromatic N) is 3. The van der Waals surface area contributed by atoms with Gasteiger partial charge in [-0.3, -0.25) is 0 Å². The summed E-state index contributed by atoms with van der Waals surface area (Å²) in [5.74, 6) is -2.62. The topological polar surface area (TPSA) is 104 Å². The molecule has 3 unspecified atom stereocenters. The van der Waals surface area contributed by atoms with E-state index in [0.717, 1.165) is 0 Å². The Kier molecular flexibility index (Phi) is 3.60. The fourth-order valence-electron chi connectivity index (χ4n) is 3.90. The molecular formula is C17H17FN4O2. The van der Waals surface area contributed by atoms with Crippen molar-refractivity contribution >= 4 is 5.84 Å². The molecule has 0 bridgehead atoms. The van der Waals surface area contributed by atoms with Crippen molar-refractivity contribution in [2.24, 2.45) is 21.6 Å². The average molecular weight is 328 g/mol. The van der Waals surface area contributed by atoms with E-state index in [9.17, 15) is 14.9 Å². The summed E-state index contributed by atoms with van der Waals surface area (Å²) in [4.78, 5) is 4.24. The van der Waals surface area contributed by atoms with E-state index in [0.29, 0.717) is 5.56 Å². The maximum Gasteiger partial charge on any atom is 0.293 e. The molecule has 0 aromatic heterocycles. The smallest absolute Gasteiger partial charge is 0.293 e. The Balaban J connectivity index is 2.21. The van der Waals surface area contributed by atoms with Crippen molar-refractivity contribution < 1.29 is 13.9 Å². The zero-order valence-corrected chi connectivity index (χ0v) is 13.4. The number of halogens is 1. The van der Waals surface area contributed by atoms with Gasteiger partial charge in [-0.2, -0.15) is 10.5 Å². The molecule has 1 aliphatic heterocycles. The average Bonchev–Trinajstić information content (AvgIpc) is 3.15. The number of amidine groups is 1. The van der Waals surface area contributed by atoms with Crippen molar-refractivity contribution in [1.82, 2.24) is 0 Å². The lowest BCUT2D eigenvalue weighted by Gasteiger charge is -2.31. The van der Waals surface area contributed by atoms with Crippen molar-refractivity contribution in [2.45, 2.75) is 25.7 Å². The first-order valence-electron chi connectivity index (χ1n) is 7.71. The van der Waals surface area contributed by atoms with Gasteiger partial charge in [-0.15, -0.1) is 0 Å². The van der Waals surface area contributed by atoms with E-state index in [4.69, 9.17) is 15.2 Å². The van der Waals surface area contributed by atoms with E-state index >= 15 is 0 Å². The Morgan fingerprint density at radius 3 is 2.21 bits per heavy atom. The number of nitriles is 2. The number of hydrogen-bond acceptors (Lipinski definition) is 6. The summed E-state index contributed by atoms with van der Waals surface area (Å²) < 4.78 is 24.7. The second-order valence-electron chi connectivity index (χ2n) is 5.77. The maximum absolute atomic E-state index is 13.3. The van der Waals surface area contributed by atoms with Crippen LogP contribution < -0.4 is 5.73 Å². The summed E-state index contributed by atoms with van der Waals surface area (Å²) in [6.07, 6.45) is 0. The first kappa shape index (κ1) is 16.4. The molecule has 3 atom stereocenters. The predicted octanol–water partition coefficient (Wildman–Crippen LogP) is 2.04. The summed E-state index contributed by atoms with van der Waals surface area (Å²) in [5, 5.41) is 19.8. The molecule has 7 heteroatoms. The predicted molar refractivity (Wildman–Crippen MR) is 82.8 cm³/mol. The highest BCUT2D eigenvalue weighted by atomic mass is 19.1. The summed E-state index contributed by atoms with van der Waals surface area (Å²) in [7, 11) is 0. The molecule has 2 aliphatic rings. The van der Waals surface area contributed by atoms with Gasteiger partial charge >= 0.3 is 0 Å². The number of fused-ring (bicyclic) bond motifs is 1. The highest BCUT2D eigenvalue weighted by molar-refractivity contribution is 6.00. The molecule has 1 aromatic carbocycles. The number of hydrogen-bond donors (Lipinski definition) is 1. The van der Waals surface area contributed by atoms with Crippen LogP contribution in [0.1, 0.15) is 25.3 Å². The minimum absolute atomic E-state index is 0.0165. The normalized spacial score (nSPS) is 32.4. The van der Waals surface area contributed by atoms with Gasteiger partial charge in [0.15, 0.2) is 5.41 Å². The number of ether oxygens (including phenoxy) is 2. The highest BCUT2D eigenvalue weighted by Crippen LogP contribution is 2.81. The Bertz CT molecular complexity index is 773. The van der Waals surface area contributed by atoms with E-state index in [1.165, 1.54) is 12.1 Å². The van der Waals surface area contributed by atoms with Crippen molar-refractivity contribution in [3.05, 3.63) is 35.6 Å². The van der Waals surface area contributed by atoms with Gasteiger partial charge in [0, 0.05) is 19.1 Å². The van der Waals surface area contributed by atoms with Crippen molar-refractivity contribution in [1.29, 1.82) is 10.5 Å². The van der Waals surface area contributed by atoms with Crippen molar-refractivity contribution in [3.8, 4) is 12.1 Å². The van der Waals surface area contributed by atoms with E-state index in [1.807, 2.05) is 0 Å². The van der Waals surface area contributed by atoms with E-state index in [-0.39, 0.29) is 19.0 Å². The van der Waals surface area contributed by atoms with Gasteiger partial charge in [0.1, 0.15) is 17.1 Å². The van der Waals surface area contributed by atoms with E-state index in [2.05, 4.69) is 17.1 Å². The fraction of sp³-hybridized carbons (Fsp3) is 0.471. The lowest BCUT2D eigenvalue weighted by atomic mass is 9.93. The molecule has 1 aliphatic carbocycles. The van der Waals surface area contributed by atoms with Gasteiger partial charge in [0.2, 0.25) is 0 Å². The molecule has 0 amide bonds.